The van der Waals surface area contributed by atoms with E-state index in [1.165, 1.54) is 38.8 Å². The highest BCUT2D eigenvalue weighted by Gasteiger charge is 2.48. The molecule has 0 radical (unpaired) electrons. The van der Waals surface area contributed by atoms with Crippen LogP contribution in [0.15, 0.2) is 0 Å². The zero-order chi connectivity index (χ0) is 14.2. The molecular formula is C15H28N4O. The maximum Gasteiger partial charge on any atom is 0.239 e. The lowest BCUT2D eigenvalue weighted by Crippen LogP contribution is -2.60. The molecule has 2 aliphatic heterocycles. The molecule has 5 heteroatoms. The predicted molar refractivity (Wildman–Crippen MR) is 79.1 cm³/mol. The number of amides is 1. The zero-order valence-electron chi connectivity index (χ0n) is 12.4. The number of carbonyl (C=O) groups is 1. The summed E-state index contributed by atoms with van der Waals surface area (Å²) in [6.45, 7) is 5.24. The first kappa shape index (κ1) is 14.3. The Morgan fingerprint density at radius 1 is 1.10 bits per heavy atom. The summed E-state index contributed by atoms with van der Waals surface area (Å²) in [5, 5.41) is 0. The maximum atomic E-state index is 11.7. The van der Waals surface area contributed by atoms with Crippen molar-refractivity contribution in [3.8, 4) is 0 Å². The summed E-state index contributed by atoms with van der Waals surface area (Å²) in [4.78, 5) is 16.7. The molecule has 0 spiro atoms. The molecule has 4 N–H and O–H groups in total. The highest BCUT2D eigenvalue weighted by molar-refractivity contribution is 5.85. The third-order valence-electron chi connectivity index (χ3n) is 5.40. The van der Waals surface area contributed by atoms with Crippen molar-refractivity contribution >= 4 is 5.91 Å². The van der Waals surface area contributed by atoms with Crippen molar-refractivity contribution in [1.29, 1.82) is 0 Å². The number of nitrogens with two attached hydrogens (primary N) is 2. The molecule has 5 nitrogen and oxygen atoms in total. The Kier molecular flexibility index (Phi) is 4.02. The molecule has 1 aliphatic carbocycles. The SMILES string of the molecule is NC(=O)C(N)(CN1CCC(N2CCCCC2)C1)C1CC1. The van der Waals surface area contributed by atoms with Gasteiger partial charge in [-0.15, -0.1) is 0 Å². The Labute approximate surface area is 121 Å². The topological polar surface area (TPSA) is 75.6 Å². The van der Waals surface area contributed by atoms with Crippen LogP contribution >= 0.6 is 0 Å². The van der Waals surface area contributed by atoms with Crippen molar-refractivity contribution in [2.45, 2.75) is 50.1 Å². The molecule has 1 amide bonds. The number of nitrogens with zero attached hydrogens (tertiary/aromatic N) is 2. The average Bonchev–Trinajstić information content (AvgIpc) is 3.21. The zero-order valence-corrected chi connectivity index (χ0v) is 12.4. The van der Waals surface area contributed by atoms with Gasteiger partial charge >= 0.3 is 0 Å². The molecule has 0 aromatic rings. The van der Waals surface area contributed by atoms with Gasteiger partial charge in [-0.1, -0.05) is 6.42 Å². The highest BCUT2D eigenvalue weighted by atomic mass is 16.1. The standard InChI is InChI=1S/C15H28N4O/c16-14(20)15(17,12-4-5-12)11-18-9-6-13(10-18)19-7-2-1-3-8-19/h12-13H,1-11,17H2,(H2,16,20). The van der Waals surface area contributed by atoms with E-state index in [0.717, 1.165) is 25.9 Å². The van der Waals surface area contributed by atoms with Gasteiger partial charge in [-0.2, -0.15) is 0 Å². The Balaban J connectivity index is 1.55. The van der Waals surface area contributed by atoms with E-state index in [1.54, 1.807) is 0 Å². The minimum absolute atomic E-state index is 0.314. The number of carbonyl (C=O) groups excluding carboxylic acids is 1. The summed E-state index contributed by atoms with van der Waals surface area (Å²) in [6.07, 6.45) is 7.37. The summed E-state index contributed by atoms with van der Waals surface area (Å²) in [5.41, 5.74) is 11.1. The first-order valence-electron chi connectivity index (χ1n) is 8.15. The van der Waals surface area contributed by atoms with E-state index < -0.39 is 5.54 Å². The molecule has 3 rings (SSSR count). The smallest absolute Gasteiger partial charge is 0.239 e. The third kappa shape index (κ3) is 2.85. The molecule has 3 aliphatic rings. The largest absolute Gasteiger partial charge is 0.368 e. The van der Waals surface area contributed by atoms with Gasteiger partial charge in [0.2, 0.25) is 5.91 Å². The Bertz CT molecular complexity index is 365. The quantitative estimate of drug-likeness (QED) is 0.751. The van der Waals surface area contributed by atoms with Crippen LogP contribution in [0.25, 0.3) is 0 Å². The highest BCUT2D eigenvalue weighted by Crippen LogP contribution is 2.39. The molecule has 2 atom stereocenters. The van der Waals surface area contributed by atoms with Crippen LogP contribution < -0.4 is 11.5 Å². The lowest BCUT2D eigenvalue weighted by atomic mass is 9.93. The van der Waals surface area contributed by atoms with Crippen LogP contribution in [0.5, 0.6) is 0 Å². The average molecular weight is 280 g/mol. The molecule has 20 heavy (non-hydrogen) atoms. The van der Waals surface area contributed by atoms with Crippen molar-refractivity contribution < 1.29 is 4.79 Å². The van der Waals surface area contributed by atoms with Gasteiger partial charge < -0.3 is 11.5 Å². The summed E-state index contributed by atoms with van der Waals surface area (Å²) >= 11 is 0. The van der Waals surface area contributed by atoms with Crippen LogP contribution in [0.1, 0.15) is 38.5 Å². The van der Waals surface area contributed by atoms with Crippen LogP contribution in [-0.2, 0) is 4.79 Å². The summed E-state index contributed by atoms with van der Waals surface area (Å²) < 4.78 is 0. The summed E-state index contributed by atoms with van der Waals surface area (Å²) in [5.74, 6) is -0.00420. The lowest BCUT2D eigenvalue weighted by Gasteiger charge is -2.34. The third-order valence-corrected chi connectivity index (χ3v) is 5.40. The molecule has 2 unspecified atom stereocenters. The van der Waals surface area contributed by atoms with Gasteiger partial charge in [0.05, 0.1) is 0 Å². The van der Waals surface area contributed by atoms with E-state index in [1.807, 2.05) is 0 Å². The van der Waals surface area contributed by atoms with E-state index in [4.69, 9.17) is 11.5 Å². The molecule has 114 valence electrons. The fraction of sp³-hybridized carbons (Fsp3) is 0.933. The van der Waals surface area contributed by atoms with E-state index >= 15 is 0 Å². The van der Waals surface area contributed by atoms with Gasteiger partial charge in [-0.3, -0.25) is 14.6 Å². The number of likely N-dealkylation sites (tertiary alicyclic amines) is 2. The Hall–Kier alpha value is -0.650. The van der Waals surface area contributed by atoms with Crippen LogP contribution in [0.4, 0.5) is 0 Å². The Morgan fingerprint density at radius 2 is 1.80 bits per heavy atom. The van der Waals surface area contributed by atoms with Crippen LogP contribution in [0.3, 0.4) is 0 Å². The number of rotatable bonds is 5. The van der Waals surface area contributed by atoms with Crippen molar-refractivity contribution in [2.24, 2.45) is 17.4 Å². The fourth-order valence-corrected chi connectivity index (χ4v) is 3.91. The van der Waals surface area contributed by atoms with Crippen molar-refractivity contribution in [1.82, 2.24) is 9.80 Å². The van der Waals surface area contributed by atoms with Crippen LogP contribution in [-0.4, -0.2) is 60.0 Å². The monoisotopic (exact) mass is 280 g/mol. The number of hydrogen-bond acceptors (Lipinski definition) is 4. The lowest BCUT2D eigenvalue weighted by molar-refractivity contribution is -0.124. The number of primary amides is 1. The van der Waals surface area contributed by atoms with Gasteiger partial charge in [-0.25, -0.2) is 0 Å². The molecule has 2 heterocycles. The molecule has 2 saturated heterocycles. The van der Waals surface area contributed by atoms with Gasteiger partial charge in [0.15, 0.2) is 0 Å². The molecule has 3 fully saturated rings. The second-order valence-electron chi connectivity index (χ2n) is 6.95. The van der Waals surface area contributed by atoms with Gasteiger partial charge in [0.25, 0.3) is 0 Å². The second kappa shape index (κ2) is 5.62. The van der Waals surface area contributed by atoms with Crippen LogP contribution in [0.2, 0.25) is 0 Å². The van der Waals surface area contributed by atoms with Crippen molar-refractivity contribution in [2.75, 3.05) is 32.7 Å². The minimum atomic E-state index is -0.795. The first-order valence-corrected chi connectivity index (χ1v) is 8.15. The van der Waals surface area contributed by atoms with E-state index in [-0.39, 0.29) is 5.91 Å². The van der Waals surface area contributed by atoms with E-state index in [9.17, 15) is 4.79 Å². The van der Waals surface area contributed by atoms with Crippen LogP contribution in [0, 0.1) is 5.92 Å². The minimum Gasteiger partial charge on any atom is -0.368 e. The van der Waals surface area contributed by atoms with E-state index in [2.05, 4.69) is 9.80 Å². The Morgan fingerprint density at radius 3 is 2.40 bits per heavy atom. The first-order chi connectivity index (χ1) is 9.59. The van der Waals surface area contributed by atoms with Gasteiger partial charge in [0, 0.05) is 19.1 Å². The molecule has 0 aromatic heterocycles. The normalized spacial score (nSPS) is 32.1. The van der Waals surface area contributed by atoms with Gasteiger partial charge in [0.1, 0.15) is 5.54 Å². The van der Waals surface area contributed by atoms with Crippen molar-refractivity contribution in [3.05, 3.63) is 0 Å². The summed E-state index contributed by atoms with van der Waals surface area (Å²) in [6, 6.07) is 0.659. The predicted octanol–water partition coefficient (Wildman–Crippen LogP) is 0.139. The number of piperidine rings is 1. The maximum absolute atomic E-state index is 11.7. The molecule has 0 bridgehead atoms. The molecule has 1 saturated carbocycles. The van der Waals surface area contributed by atoms with Crippen molar-refractivity contribution in [3.63, 3.8) is 0 Å². The summed E-state index contributed by atoms with van der Waals surface area (Å²) in [7, 11) is 0. The van der Waals surface area contributed by atoms with Gasteiger partial charge in [-0.05, 0) is 57.7 Å². The fourth-order valence-electron chi connectivity index (χ4n) is 3.91. The molecular weight excluding hydrogens is 252 g/mol. The molecule has 0 aromatic carbocycles. The van der Waals surface area contributed by atoms with E-state index in [0.29, 0.717) is 18.5 Å². The number of hydrogen-bond donors (Lipinski definition) is 2. The second-order valence-corrected chi connectivity index (χ2v) is 6.95.